The largest absolute Gasteiger partial charge is 0.484 e. The van der Waals surface area contributed by atoms with E-state index in [9.17, 15) is 9.59 Å². The number of hydrogen-bond donors (Lipinski definition) is 1. The number of halogens is 1. The fourth-order valence-corrected chi connectivity index (χ4v) is 2.16. The Morgan fingerprint density at radius 3 is 2.58 bits per heavy atom. The molecule has 24 heavy (non-hydrogen) atoms. The average Bonchev–Trinajstić information content (AvgIpc) is 2.55. The van der Waals surface area contributed by atoms with E-state index in [1.165, 1.54) is 4.90 Å². The van der Waals surface area contributed by atoms with Crippen molar-refractivity contribution in [3.05, 3.63) is 58.6 Å². The maximum Gasteiger partial charge on any atom is 0.262 e. The van der Waals surface area contributed by atoms with Gasteiger partial charge >= 0.3 is 0 Å². The number of carbonyl (C=O) groups is 2. The molecule has 0 unspecified atom stereocenters. The molecular weight excluding hydrogens is 328 g/mol. The van der Waals surface area contributed by atoms with Gasteiger partial charge in [-0.1, -0.05) is 17.7 Å². The van der Waals surface area contributed by atoms with Gasteiger partial charge in [-0.15, -0.1) is 0 Å². The number of aryl methyl sites for hydroxylation is 1. The van der Waals surface area contributed by atoms with Crippen molar-refractivity contribution in [3.8, 4) is 5.75 Å². The lowest BCUT2D eigenvalue weighted by molar-refractivity contribution is -0.118. The molecule has 0 atom stereocenters. The van der Waals surface area contributed by atoms with E-state index < -0.39 is 0 Å². The Kier molecular flexibility index (Phi) is 5.82. The van der Waals surface area contributed by atoms with E-state index >= 15 is 0 Å². The van der Waals surface area contributed by atoms with Gasteiger partial charge in [0, 0.05) is 30.4 Å². The molecule has 0 bridgehead atoms. The topological polar surface area (TPSA) is 58.6 Å². The minimum atomic E-state index is -0.308. The predicted octanol–water partition coefficient (Wildman–Crippen LogP) is 3.37. The highest BCUT2D eigenvalue weighted by atomic mass is 35.5. The number of hydrogen-bond acceptors (Lipinski definition) is 3. The van der Waals surface area contributed by atoms with Gasteiger partial charge in [0.25, 0.3) is 11.8 Å². The summed E-state index contributed by atoms with van der Waals surface area (Å²) < 4.78 is 5.45. The van der Waals surface area contributed by atoms with Gasteiger partial charge in [-0.05, 0) is 48.9 Å². The molecule has 2 aromatic carbocycles. The standard InChI is InChI=1S/C18H19ClN2O3/c1-12-9-15(7-8-16(12)19)24-11-17(22)20-14-6-4-5-13(10-14)18(23)21(2)3/h4-10H,11H2,1-3H3,(H,20,22). The SMILES string of the molecule is Cc1cc(OCC(=O)Nc2cccc(C(=O)N(C)C)c2)ccc1Cl. The van der Waals surface area contributed by atoms with Gasteiger partial charge in [-0.25, -0.2) is 0 Å². The summed E-state index contributed by atoms with van der Waals surface area (Å²) in [5.41, 5.74) is 1.93. The molecule has 0 fully saturated rings. The quantitative estimate of drug-likeness (QED) is 0.903. The van der Waals surface area contributed by atoms with Crippen LogP contribution in [0, 0.1) is 6.92 Å². The van der Waals surface area contributed by atoms with Gasteiger partial charge < -0.3 is 15.0 Å². The Balaban J connectivity index is 1.96. The summed E-state index contributed by atoms with van der Waals surface area (Å²) in [6, 6.07) is 12.0. The Morgan fingerprint density at radius 1 is 1.17 bits per heavy atom. The molecule has 5 nitrogen and oxygen atoms in total. The first kappa shape index (κ1) is 17.8. The molecule has 0 radical (unpaired) electrons. The molecule has 126 valence electrons. The van der Waals surface area contributed by atoms with Crippen LogP contribution in [0.4, 0.5) is 5.69 Å². The molecule has 0 heterocycles. The van der Waals surface area contributed by atoms with E-state index in [0.29, 0.717) is 22.0 Å². The van der Waals surface area contributed by atoms with Crippen LogP contribution in [0.15, 0.2) is 42.5 Å². The fourth-order valence-electron chi connectivity index (χ4n) is 2.04. The molecule has 0 saturated heterocycles. The average molecular weight is 347 g/mol. The Morgan fingerprint density at radius 2 is 1.92 bits per heavy atom. The molecule has 2 amide bonds. The molecule has 0 aliphatic rings. The van der Waals surface area contributed by atoms with Crippen LogP contribution in [0.3, 0.4) is 0 Å². The van der Waals surface area contributed by atoms with Crippen LogP contribution in [0.2, 0.25) is 5.02 Å². The van der Waals surface area contributed by atoms with Gasteiger partial charge in [0.2, 0.25) is 0 Å². The molecule has 2 rings (SSSR count). The zero-order chi connectivity index (χ0) is 17.7. The van der Waals surface area contributed by atoms with Crippen LogP contribution >= 0.6 is 11.6 Å². The second-order valence-electron chi connectivity index (χ2n) is 5.53. The van der Waals surface area contributed by atoms with Crippen LogP contribution in [0.1, 0.15) is 15.9 Å². The van der Waals surface area contributed by atoms with Crippen LogP contribution in [0.5, 0.6) is 5.75 Å². The summed E-state index contributed by atoms with van der Waals surface area (Å²) in [4.78, 5) is 25.4. The third-order valence-electron chi connectivity index (χ3n) is 3.30. The summed E-state index contributed by atoms with van der Waals surface area (Å²) in [6.45, 7) is 1.73. The van der Waals surface area contributed by atoms with Crippen LogP contribution < -0.4 is 10.1 Å². The predicted molar refractivity (Wildman–Crippen MR) is 94.8 cm³/mol. The Labute approximate surface area is 146 Å². The first-order chi connectivity index (χ1) is 11.4. The van der Waals surface area contributed by atoms with Crippen LogP contribution in [-0.2, 0) is 4.79 Å². The lowest BCUT2D eigenvalue weighted by Gasteiger charge is -2.12. The third kappa shape index (κ3) is 4.73. The number of ether oxygens (including phenoxy) is 1. The van der Waals surface area contributed by atoms with Gasteiger partial charge in [0.05, 0.1) is 0 Å². The highest BCUT2D eigenvalue weighted by Gasteiger charge is 2.10. The molecule has 6 heteroatoms. The highest BCUT2D eigenvalue weighted by molar-refractivity contribution is 6.31. The van der Waals surface area contributed by atoms with Crippen molar-refractivity contribution in [1.29, 1.82) is 0 Å². The molecule has 0 saturated carbocycles. The number of benzene rings is 2. The maximum atomic E-state index is 12.0. The number of amides is 2. The second kappa shape index (κ2) is 7.84. The summed E-state index contributed by atoms with van der Waals surface area (Å²) in [5.74, 6) is 0.139. The van der Waals surface area contributed by atoms with Crippen molar-refractivity contribution in [2.24, 2.45) is 0 Å². The highest BCUT2D eigenvalue weighted by Crippen LogP contribution is 2.21. The van der Waals surface area contributed by atoms with E-state index in [1.54, 1.807) is 56.6 Å². The lowest BCUT2D eigenvalue weighted by atomic mass is 10.2. The van der Waals surface area contributed by atoms with Crippen molar-refractivity contribution in [1.82, 2.24) is 4.90 Å². The summed E-state index contributed by atoms with van der Waals surface area (Å²) >= 11 is 5.95. The number of anilines is 1. The lowest BCUT2D eigenvalue weighted by Crippen LogP contribution is -2.23. The number of carbonyl (C=O) groups excluding carboxylic acids is 2. The van der Waals surface area contributed by atoms with E-state index in [0.717, 1.165) is 5.56 Å². The van der Waals surface area contributed by atoms with E-state index in [4.69, 9.17) is 16.3 Å². The summed E-state index contributed by atoms with van der Waals surface area (Å²) in [5, 5.41) is 3.36. The zero-order valence-electron chi connectivity index (χ0n) is 13.8. The molecule has 1 N–H and O–H groups in total. The van der Waals surface area contributed by atoms with Gasteiger partial charge in [-0.2, -0.15) is 0 Å². The molecular formula is C18H19ClN2O3. The summed E-state index contributed by atoms with van der Waals surface area (Å²) in [6.07, 6.45) is 0. The minimum absolute atomic E-state index is 0.126. The van der Waals surface area contributed by atoms with E-state index in [1.807, 2.05) is 6.92 Å². The number of nitrogens with one attached hydrogen (secondary N) is 1. The first-order valence-electron chi connectivity index (χ1n) is 7.37. The zero-order valence-corrected chi connectivity index (χ0v) is 14.6. The smallest absolute Gasteiger partial charge is 0.262 e. The van der Waals surface area contributed by atoms with Crippen molar-refractivity contribution in [2.45, 2.75) is 6.92 Å². The summed E-state index contributed by atoms with van der Waals surface area (Å²) in [7, 11) is 3.35. The van der Waals surface area contributed by atoms with E-state index in [-0.39, 0.29) is 18.4 Å². The van der Waals surface area contributed by atoms with Crippen LogP contribution in [-0.4, -0.2) is 37.4 Å². The molecule has 2 aromatic rings. The van der Waals surface area contributed by atoms with Crippen molar-refractivity contribution in [3.63, 3.8) is 0 Å². The third-order valence-corrected chi connectivity index (χ3v) is 3.72. The molecule has 0 aliphatic carbocycles. The van der Waals surface area contributed by atoms with Crippen molar-refractivity contribution in [2.75, 3.05) is 26.0 Å². The number of nitrogens with zero attached hydrogens (tertiary/aromatic N) is 1. The van der Waals surface area contributed by atoms with Gasteiger partial charge in [0.1, 0.15) is 5.75 Å². The molecule has 0 aromatic heterocycles. The van der Waals surface area contributed by atoms with E-state index in [2.05, 4.69) is 5.32 Å². The Hall–Kier alpha value is -2.53. The monoisotopic (exact) mass is 346 g/mol. The van der Waals surface area contributed by atoms with Crippen molar-refractivity contribution < 1.29 is 14.3 Å². The molecule has 0 spiro atoms. The number of rotatable bonds is 5. The normalized spacial score (nSPS) is 10.2. The van der Waals surface area contributed by atoms with Gasteiger partial charge in [-0.3, -0.25) is 9.59 Å². The Bertz CT molecular complexity index is 760. The maximum absolute atomic E-state index is 12.0. The fraction of sp³-hybridized carbons (Fsp3) is 0.222. The molecule has 0 aliphatic heterocycles. The second-order valence-corrected chi connectivity index (χ2v) is 5.94. The minimum Gasteiger partial charge on any atom is -0.484 e. The van der Waals surface area contributed by atoms with Crippen molar-refractivity contribution >= 4 is 29.1 Å². The first-order valence-corrected chi connectivity index (χ1v) is 7.75. The van der Waals surface area contributed by atoms with Crippen LogP contribution in [0.25, 0.3) is 0 Å². The van der Waals surface area contributed by atoms with Gasteiger partial charge in [0.15, 0.2) is 6.61 Å².